The zero-order valence-electron chi connectivity index (χ0n) is 10.8. The summed E-state index contributed by atoms with van der Waals surface area (Å²) in [7, 11) is -1.89. The summed E-state index contributed by atoms with van der Waals surface area (Å²) >= 11 is 0. The minimum Gasteiger partial charge on any atom is -0.497 e. The molecule has 0 aliphatic rings. The molecule has 102 valence electrons. The van der Waals surface area contributed by atoms with Crippen LogP contribution < -0.4 is 15.2 Å². The maximum absolute atomic E-state index is 12.0. The minimum atomic E-state index is -3.44. The maximum Gasteiger partial charge on any atom is 0.240 e. The first-order valence-electron chi connectivity index (χ1n) is 5.85. The van der Waals surface area contributed by atoms with E-state index in [9.17, 15) is 8.42 Å². The van der Waals surface area contributed by atoms with Crippen LogP contribution in [0.2, 0.25) is 0 Å². The molecule has 1 rings (SSSR count). The molecule has 0 bridgehead atoms. The van der Waals surface area contributed by atoms with Gasteiger partial charge in [0.2, 0.25) is 10.0 Å². The second-order valence-corrected chi connectivity index (χ2v) is 5.76. The van der Waals surface area contributed by atoms with Crippen LogP contribution in [0.3, 0.4) is 0 Å². The number of methoxy groups -OCH3 is 1. The summed E-state index contributed by atoms with van der Waals surface area (Å²) in [5, 5.41) is 0. The molecular weight excluding hydrogens is 252 g/mol. The molecule has 0 saturated carbocycles. The lowest BCUT2D eigenvalue weighted by molar-refractivity contribution is 0.414. The predicted molar refractivity (Wildman–Crippen MR) is 71.2 cm³/mol. The Bertz CT molecular complexity index is 486. The molecule has 0 atom stereocenters. The van der Waals surface area contributed by atoms with Crippen LogP contribution in [0.4, 0.5) is 0 Å². The van der Waals surface area contributed by atoms with Crippen molar-refractivity contribution in [2.45, 2.75) is 24.7 Å². The van der Waals surface area contributed by atoms with Crippen LogP contribution in [-0.2, 0) is 10.0 Å². The molecule has 6 heteroatoms. The summed E-state index contributed by atoms with van der Waals surface area (Å²) in [6.45, 7) is 2.73. The highest BCUT2D eigenvalue weighted by Crippen LogP contribution is 2.20. The van der Waals surface area contributed by atoms with Crippen molar-refractivity contribution in [3.63, 3.8) is 0 Å². The van der Waals surface area contributed by atoms with Gasteiger partial charge >= 0.3 is 0 Å². The molecule has 0 aliphatic heterocycles. The number of hydrogen-bond donors (Lipinski definition) is 2. The van der Waals surface area contributed by atoms with Crippen molar-refractivity contribution >= 4 is 10.0 Å². The van der Waals surface area contributed by atoms with Crippen molar-refractivity contribution in [3.8, 4) is 5.75 Å². The summed E-state index contributed by atoms with van der Waals surface area (Å²) in [5.41, 5.74) is 6.02. The fourth-order valence-electron chi connectivity index (χ4n) is 1.60. The van der Waals surface area contributed by atoms with E-state index in [1.807, 2.05) is 0 Å². The third-order valence-electron chi connectivity index (χ3n) is 2.59. The number of nitrogens with two attached hydrogens (primary N) is 1. The van der Waals surface area contributed by atoms with Crippen LogP contribution in [0.15, 0.2) is 23.1 Å². The summed E-state index contributed by atoms with van der Waals surface area (Å²) in [6.07, 6.45) is 1.55. The molecule has 0 aliphatic carbocycles. The van der Waals surface area contributed by atoms with Gasteiger partial charge in [-0.15, -0.1) is 0 Å². The number of rotatable bonds is 7. The summed E-state index contributed by atoms with van der Waals surface area (Å²) in [4.78, 5) is 0.288. The third-order valence-corrected chi connectivity index (χ3v) is 4.22. The maximum atomic E-state index is 12.0. The Hall–Kier alpha value is -1.11. The van der Waals surface area contributed by atoms with Gasteiger partial charge in [-0.2, -0.15) is 0 Å². The molecule has 18 heavy (non-hydrogen) atoms. The first-order valence-corrected chi connectivity index (χ1v) is 7.34. The summed E-state index contributed by atoms with van der Waals surface area (Å²) in [5.74, 6) is 0.648. The van der Waals surface area contributed by atoms with Crippen LogP contribution in [0.1, 0.15) is 18.4 Å². The Morgan fingerprint density at radius 2 is 2.06 bits per heavy atom. The number of sulfonamides is 1. The Kier molecular flexibility index (Phi) is 5.58. The van der Waals surface area contributed by atoms with Gasteiger partial charge in [-0.3, -0.25) is 0 Å². The third kappa shape index (κ3) is 3.97. The molecule has 0 radical (unpaired) electrons. The van der Waals surface area contributed by atoms with E-state index < -0.39 is 10.0 Å². The van der Waals surface area contributed by atoms with Gasteiger partial charge in [0.25, 0.3) is 0 Å². The van der Waals surface area contributed by atoms with Crippen LogP contribution in [-0.4, -0.2) is 28.6 Å². The Balaban J connectivity index is 2.78. The summed E-state index contributed by atoms with van der Waals surface area (Å²) in [6, 6.07) is 4.90. The molecule has 0 spiro atoms. The average Bonchev–Trinajstić information content (AvgIpc) is 2.34. The van der Waals surface area contributed by atoms with Crippen molar-refractivity contribution in [2.24, 2.45) is 5.73 Å². The van der Waals surface area contributed by atoms with E-state index in [1.54, 1.807) is 32.2 Å². The van der Waals surface area contributed by atoms with Crippen molar-refractivity contribution in [2.75, 3.05) is 20.2 Å². The second kappa shape index (κ2) is 6.72. The lowest BCUT2D eigenvalue weighted by Gasteiger charge is -2.10. The van der Waals surface area contributed by atoms with Crippen LogP contribution in [0.25, 0.3) is 0 Å². The topological polar surface area (TPSA) is 81.4 Å². The first kappa shape index (κ1) is 14.9. The molecular formula is C12H20N2O3S. The largest absolute Gasteiger partial charge is 0.497 e. The highest BCUT2D eigenvalue weighted by molar-refractivity contribution is 7.89. The van der Waals surface area contributed by atoms with Gasteiger partial charge in [0.15, 0.2) is 0 Å². The van der Waals surface area contributed by atoms with Crippen LogP contribution in [0.5, 0.6) is 5.75 Å². The highest BCUT2D eigenvalue weighted by Gasteiger charge is 2.16. The molecule has 0 fully saturated rings. The van der Waals surface area contributed by atoms with Crippen molar-refractivity contribution in [1.29, 1.82) is 0 Å². The molecule has 0 aromatic heterocycles. The van der Waals surface area contributed by atoms with Gasteiger partial charge in [0.1, 0.15) is 5.75 Å². The molecule has 0 heterocycles. The molecule has 0 amide bonds. The second-order valence-electron chi connectivity index (χ2n) is 4.02. The number of benzene rings is 1. The number of ether oxygens (including phenoxy) is 1. The van der Waals surface area contributed by atoms with Gasteiger partial charge in [-0.05, 0) is 50.1 Å². The van der Waals surface area contributed by atoms with Gasteiger partial charge in [0, 0.05) is 6.54 Å². The molecule has 1 aromatic carbocycles. The number of aryl methyl sites for hydroxylation is 1. The SMILES string of the molecule is COc1ccc(S(=O)(=O)NCCCCN)c(C)c1. The normalized spacial score (nSPS) is 11.5. The standard InChI is InChI=1S/C12H20N2O3S/c1-10-9-11(17-2)5-6-12(10)18(15,16)14-8-4-3-7-13/h5-6,9,14H,3-4,7-8,13H2,1-2H3. The zero-order chi connectivity index (χ0) is 13.6. The Labute approximate surface area is 108 Å². The van der Waals surface area contributed by atoms with Gasteiger partial charge in [-0.1, -0.05) is 0 Å². The van der Waals surface area contributed by atoms with Gasteiger partial charge < -0.3 is 10.5 Å². The van der Waals surface area contributed by atoms with Crippen molar-refractivity contribution < 1.29 is 13.2 Å². The lowest BCUT2D eigenvalue weighted by Crippen LogP contribution is -2.25. The quantitative estimate of drug-likeness (QED) is 0.726. The minimum absolute atomic E-state index is 0.288. The predicted octanol–water partition coefficient (Wildman–Crippen LogP) is 1.02. The van der Waals surface area contributed by atoms with Crippen molar-refractivity contribution in [1.82, 2.24) is 4.72 Å². The van der Waals surface area contributed by atoms with E-state index in [-0.39, 0.29) is 4.90 Å². The Morgan fingerprint density at radius 1 is 1.33 bits per heavy atom. The average molecular weight is 272 g/mol. The summed E-state index contributed by atoms with van der Waals surface area (Å²) < 4.78 is 31.7. The monoisotopic (exact) mass is 272 g/mol. The molecule has 1 aromatic rings. The molecule has 0 saturated heterocycles. The molecule has 5 nitrogen and oxygen atoms in total. The number of hydrogen-bond acceptors (Lipinski definition) is 4. The van der Waals surface area contributed by atoms with Gasteiger partial charge in [0.05, 0.1) is 12.0 Å². The highest BCUT2D eigenvalue weighted by atomic mass is 32.2. The molecule has 3 N–H and O–H groups in total. The zero-order valence-corrected chi connectivity index (χ0v) is 11.6. The van der Waals surface area contributed by atoms with E-state index in [4.69, 9.17) is 10.5 Å². The van der Waals surface area contributed by atoms with Crippen LogP contribution in [0, 0.1) is 6.92 Å². The van der Waals surface area contributed by atoms with Crippen molar-refractivity contribution in [3.05, 3.63) is 23.8 Å². The van der Waals surface area contributed by atoms with E-state index in [2.05, 4.69) is 4.72 Å². The fraction of sp³-hybridized carbons (Fsp3) is 0.500. The Morgan fingerprint density at radius 3 is 2.61 bits per heavy atom. The number of unbranched alkanes of at least 4 members (excludes halogenated alkanes) is 1. The first-order chi connectivity index (χ1) is 8.51. The smallest absolute Gasteiger partial charge is 0.240 e. The van der Waals surface area contributed by atoms with E-state index in [0.717, 1.165) is 12.8 Å². The molecule has 0 unspecified atom stereocenters. The van der Waals surface area contributed by atoms with E-state index >= 15 is 0 Å². The lowest BCUT2D eigenvalue weighted by atomic mass is 10.2. The van der Waals surface area contributed by atoms with Crippen LogP contribution >= 0.6 is 0 Å². The van der Waals surface area contributed by atoms with Gasteiger partial charge in [-0.25, -0.2) is 13.1 Å². The van der Waals surface area contributed by atoms with E-state index in [1.165, 1.54) is 0 Å². The number of nitrogens with one attached hydrogen (secondary N) is 1. The van der Waals surface area contributed by atoms with E-state index in [0.29, 0.717) is 24.4 Å². The fourth-order valence-corrected chi connectivity index (χ4v) is 2.90.